The minimum Gasteiger partial charge on any atom is -0.488 e. The fraction of sp³-hybridized carbons (Fsp3) is 0.593. The summed E-state index contributed by atoms with van der Waals surface area (Å²) in [5.41, 5.74) is 2.23. The molecule has 0 radical (unpaired) electrons. The normalized spacial score (nSPS) is 16.9. The molecule has 2 rings (SSSR count). The van der Waals surface area contributed by atoms with Crippen LogP contribution >= 0.6 is 0 Å². The number of aldehydes is 1. The van der Waals surface area contributed by atoms with E-state index in [0.717, 1.165) is 56.5 Å². The van der Waals surface area contributed by atoms with E-state index in [1.165, 1.54) is 37.7 Å². The minimum absolute atomic E-state index is 0.518. The standard InChI is InChI=1S/C27H41NO2/c1-3-28-26(27(22-29)30-21-20-25-16-8-5-9-17-25)19-11-13-23(2)12-10-18-24-14-6-4-7-15-24/h4,6-7,10,14-15,18,22-23,25,28H,3,5,8-9,11-13,16-17,19-21H2,1-2H3/b18-10+,27-26-. The van der Waals surface area contributed by atoms with Crippen molar-refractivity contribution in [2.24, 2.45) is 11.8 Å². The lowest BCUT2D eigenvalue weighted by atomic mass is 9.87. The Balaban J connectivity index is 1.74. The molecule has 1 unspecified atom stereocenters. The third-order valence-electron chi connectivity index (χ3n) is 6.08. The number of ether oxygens (including phenoxy) is 1. The number of allylic oxidation sites excluding steroid dienone is 3. The maximum Gasteiger partial charge on any atom is 0.186 e. The second kappa shape index (κ2) is 14.9. The Hall–Kier alpha value is -2.03. The molecule has 1 fully saturated rings. The van der Waals surface area contributed by atoms with Gasteiger partial charge in [0.05, 0.1) is 12.3 Å². The molecule has 0 aliphatic heterocycles. The quantitative estimate of drug-likeness (QED) is 0.205. The molecule has 1 aliphatic rings. The third-order valence-corrected chi connectivity index (χ3v) is 6.08. The maximum atomic E-state index is 11.6. The van der Waals surface area contributed by atoms with E-state index in [1.807, 2.05) is 6.07 Å². The van der Waals surface area contributed by atoms with Gasteiger partial charge in [0.25, 0.3) is 0 Å². The highest BCUT2D eigenvalue weighted by atomic mass is 16.5. The predicted octanol–water partition coefficient (Wildman–Crippen LogP) is 6.90. The molecule has 0 heterocycles. The second-order valence-corrected chi connectivity index (χ2v) is 8.68. The number of carbonyl (C=O) groups is 1. The summed E-state index contributed by atoms with van der Waals surface area (Å²) in [7, 11) is 0. The van der Waals surface area contributed by atoms with E-state index in [1.54, 1.807) is 0 Å². The molecule has 0 spiro atoms. The Kier molecular flexibility index (Phi) is 12.0. The number of nitrogens with one attached hydrogen (secondary N) is 1. The summed E-state index contributed by atoms with van der Waals surface area (Å²) < 4.78 is 5.92. The van der Waals surface area contributed by atoms with Crippen molar-refractivity contribution >= 4 is 12.4 Å². The molecule has 1 aliphatic carbocycles. The monoisotopic (exact) mass is 411 g/mol. The van der Waals surface area contributed by atoms with E-state index in [2.05, 4.69) is 55.6 Å². The summed E-state index contributed by atoms with van der Waals surface area (Å²) in [6.07, 6.45) is 17.3. The molecular weight excluding hydrogens is 370 g/mol. The highest BCUT2D eigenvalue weighted by Crippen LogP contribution is 2.26. The molecule has 1 N–H and O–H groups in total. The fourth-order valence-corrected chi connectivity index (χ4v) is 4.26. The van der Waals surface area contributed by atoms with Gasteiger partial charge in [-0.05, 0) is 50.0 Å². The van der Waals surface area contributed by atoms with Gasteiger partial charge in [0.2, 0.25) is 0 Å². The van der Waals surface area contributed by atoms with Crippen LogP contribution in [0.3, 0.4) is 0 Å². The van der Waals surface area contributed by atoms with Crippen molar-refractivity contribution in [2.75, 3.05) is 13.2 Å². The predicted molar refractivity (Wildman–Crippen MR) is 127 cm³/mol. The van der Waals surface area contributed by atoms with E-state index in [4.69, 9.17) is 4.74 Å². The number of benzene rings is 1. The Morgan fingerprint density at radius 2 is 1.97 bits per heavy atom. The summed E-state index contributed by atoms with van der Waals surface area (Å²) in [6.45, 7) is 5.84. The van der Waals surface area contributed by atoms with Crippen LogP contribution in [0.5, 0.6) is 0 Å². The van der Waals surface area contributed by atoms with Gasteiger partial charge in [0.15, 0.2) is 12.0 Å². The zero-order chi connectivity index (χ0) is 21.4. The first kappa shape index (κ1) is 24.2. The molecule has 0 amide bonds. The lowest BCUT2D eigenvalue weighted by molar-refractivity contribution is -0.108. The number of hydrogen-bond acceptors (Lipinski definition) is 3. The van der Waals surface area contributed by atoms with Crippen LogP contribution in [-0.4, -0.2) is 19.4 Å². The molecule has 1 atom stereocenters. The number of hydrogen-bond donors (Lipinski definition) is 1. The third kappa shape index (κ3) is 9.65. The molecule has 166 valence electrons. The van der Waals surface area contributed by atoms with Gasteiger partial charge in [-0.1, -0.05) is 87.9 Å². The van der Waals surface area contributed by atoms with Crippen molar-refractivity contribution in [3.05, 3.63) is 53.4 Å². The van der Waals surface area contributed by atoms with Gasteiger partial charge in [-0.3, -0.25) is 4.79 Å². The van der Waals surface area contributed by atoms with Crippen molar-refractivity contribution in [3.63, 3.8) is 0 Å². The first-order valence-corrected chi connectivity index (χ1v) is 12.0. The Morgan fingerprint density at radius 1 is 1.20 bits per heavy atom. The summed E-state index contributed by atoms with van der Waals surface area (Å²) in [5.74, 6) is 1.92. The molecule has 3 nitrogen and oxygen atoms in total. The summed E-state index contributed by atoms with van der Waals surface area (Å²) in [4.78, 5) is 11.6. The molecule has 1 saturated carbocycles. The van der Waals surface area contributed by atoms with Crippen LogP contribution in [0.15, 0.2) is 47.9 Å². The van der Waals surface area contributed by atoms with Gasteiger partial charge in [-0.25, -0.2) is 0 Å². The Morgan fingerprint density at radius 3 is 2.67 bits per heavy atom. The molecule has 0 saturated heterocycles. The topological polar surface area (TPSA) is 38.3 Å². The van der Waals surface area contributed by atoms with Crippen molar-refractivity contribution < 1.29 is 9.53 Å². The van der Waals surface area contributed by atoms with Gasteiger partial charge >= 0.3 is 0 Å². The van der Waals surface area contributed by atoms with Crippen LogP contribution in [-0.2, 0) is 9.53 Å². The Bertz CT molecular complexity index is 644. The van der Waals surface area contributed by atoms with Gasteiger partial charge in [-0.15, -0.1) is 0 Å². The molecule has 0 bridgehead atoms. The molecule has 30 heavy (non-hydrogen) atoms. The van der Waals surface area contributed by atoms with Crippen LogP contribution in [0.2, 0.25) is 0 Å². The molecule has 0 aromatic heterocycles. The minimum atomic E-state index is 0.518. The van der Waals surface area contributed by atoms with E-state index in [0.29, 0.717) is 18.3 Å². The van der Waals surface area contributed by atoms with Crippen LogP contribution in [0.4, 0.5) is 0 Å². The zero-order valence-electron chi connectivity index (χ0n) is 19.1. The van der Waals surface area contributed by atoms with Crippen LogP contribution < -0.4 is 5.32 Å². The SMILES string of the molecule is CCN/C(CCCC(C)C/C=C/c1ccccc1)=C(/C=O)OCCC1CCCCC1. The maximum absolute atomic E-state index is 11.6. The number of carbonyl (C=O) groups excluding carboxylic acids is 1. The van der Waals surface area contributed by atoms with E-state index < -0.39 is 0 Å². The summed E-state index contributed by atoms with van der Waals surface area (Å²) in [5, 5.41) is 3.37. The lowest BCUT2D eigenvalue weighted by Gasteiger charge is -2.22. The first-order valence-electron chi connectivity index (χ1n) is 12.0. The molecular formula is C27H41NO2. The average molecular weight is 412 g/mol. The molecule has 1 aromatic rings. The molecule has 1 aromatic carbocycles. The summed E-state index contributed by atoms with van der Waals surface area (Å²) in [6, 6.07) is 10.4. The van der Waals surface area contributed by atoms with Crippen molar-refractivity contribution in [2.45, 2.75) is 78.1 Å². The van der Waals surface area contributed by atoms with E-state index >= 15 is 0 Å². The van der Waals surface area contributed by atoms with Crippen molar-refractivity contribution in [3.8, 4) is 0 Å². The van der Waals surface area contributed by atoms with Gasteiger partial charge < -0.3 is 10.1 Å². The highest BCUT2D eigenvalue weighted by molar-refractivity contribution is 5.71. The summed E-state index contributed by atoms with van der Waals surface area (Å²) >= 11 is 0. The number of rotatable bonds is 14. The van der Waals surface area contributed by atoms with Gasteiger partial charge in [0, 0.05) is 6.54 Å². The van der Waals surface area contributed by atoms with Gasteiger partial charge in [-0.2, -0.15) is 0 Å². The Labute approximate surface area is 184 Å². The highest BCUT2D eigenvalue weighted by Gasteiger charge is 2.14. The smallest absolute Gasteiger partial charge is 0.186 e. The molecule has 3 heteroatoms. The first-order chi connectivity index (χ1) is 14.7. The van der Waals surface area contributed by atoms with Crippen molar-refractivity contribution in [1.29, 1.82) is 0 Å². The zero-order valence-corrected chi connectivity index (χ0v) is 19.1. The van der Waals surface area contributed by atoms with Crippen LogP contribution in [0.25, 0.3) is 6.08 Å². The van der Waals surface area contributed by atoms with E-state index in [9.17, 15) is 4.79 Å². The largest absolute Gasteiger partial charge is 0.488 e. The van der Waals surface area contributed by atoms with Crippen LogP contribution in [0.1, 0.15) is 83.6 Å². The average Bonchev–Trinajstić information content (AvgIpc) is 2.78. The van der Waals surface area contributed by atoms with Gasteiger partial charge in [0.1, 0.15) is 0 Å². The second-order valence-electron chi connectivity index (χ2n) is 8.68. The van der Waals surface area contributed by atoms with Crippen molar-refractivity contribution in [1.82, 2.24) is 5.32 Å². The van der Waals surface area contributed by atoms with Crippen LogP contribution in [0, 0.1) is 11.8 Å². The fourth-order valence-electron chi connectivity index (χ4n) is 4.26. The van der Waals surface area contributed by atoms with E-state index in [-0.39, 0.29) is 0 Å². The lowest BCUT2D eigenvalue weighted by Crippen LogP contribution is -2.18.